The fourth-order valence-corrected chi connectivity index (χ4v) is 3.74. The molecule has 14 heavy (non-hydrogen) atoms. The Bertz CT molecular complexity index is 197. The fraction of sp³-hybridized carbons (Fsp3) is 1.00. The topological polar surface area (TPSA) is 3.24 Å². The van der Waals surface area contributed by atoms with Gasteiger partial charge in [0.25, 0.3) is 0 Å². The highest BCUT2D eigenvalue weighted by Gasteiger charge is 2.45. The van der Waals surface area contributed by atoms with Crippen molar-refractivity contribution in [3.8, 4) is 0 Å². The molecule has 0 N–H and O–H groups in total. The third-order valence-corrected chi connectivity index (χ3v) is 4.29. The Morgan fingerprint density at radius 2 is 1.79 bits per heavy atom. The minimum atomic E-state index is 0.746. The molecule has 0 amide bonds. The molecule has 0 aromatic heterocycles. The molecule has 1 aliphatic heterocycles. The van der Waals surface area contributed by atoms with Crippen molar-refractivity contribution in [3.05, 3.63) is 0 Å². The fourth-order valence-electron chi connectivity index (χ4n) is 3.74. The third kappa shape index (κ3) is 1.60. The smallest absolute Gasteiger partial charge is 0.0130 e. The molecule has 3 atom stereocenters. The van der Waals surface area contributed by atoms with E-state index >= 15 is 0 Å². The molecule has 1 nitrogen and oxygen atoms in total. The van der Waals surface area contributed by atoms with Crippen molar-refractivity contribution in [2.75, 3.05) is 0 Å². The van der Waals surface area contributed by atoms with E-state index < -0.39 is 0 Å². The Kier molecular flexibility index (Phi) is 2.88. The number of fused-ring (bicyclic) bond motifs is 1. The summed E-state index contributed by atoms with van der Waals surface area (Å²) in [6, 6.07) is 2.54. The molecule has 1 saturated carbocycles. The van der Waals surface area contributed by atoms with Crippen LogP contribution in [0.3, 0.4) is 0 Å². The second-order valence-electron chi connectivity index (χ2n) is 5.85. The van der Waals surface area contributed by atoms with E-state index in [1.54, 1.807) is 0 Å². The Morgan fingerprint density at radius 3 is 2.36 bits per heavy atom. The van der Waals surface area contributed by atoms with E-state index in [0.717, 1.165) is 30.0 Å². The molecule has 82 valence electrons. The van der Waals surface area contributed by atoms with Gasteiger partial charge in [-0.2, -0.15) is 0 Å². The van der Waals surface area contributed by atoms with Crippen LogP contribution in [-0.4, -0.2) is 23.0 Å². The minimum absolute atomic E-state index is 0.746. The van der Waals surface area contributed by atoms with E-state index in [4.69, 9.17) is 0 Å². The number of nitrogens with zero attached hydrogens (tertiary/aromatic N) is 1. The quantitative estimate of drug-likeness (QED) is 0.653. The summed E-state index contributed by atoms with van der Waals surface area (Å²) in [5.74, 6) is 1.87. The van der Waals surface area contributed by atoms with Crippen LogP contribution in [0.1, 0.15) is 53.4 Å². The monoisotopic (exact) mass is 195 g/mol. The predicted molar refractivity (Wildman–Crippen MR) is 61.3 cm³/mol. The first-order chi connectivity index (χ1) is 6.61. The molecular weight excluding hydrogens is 170 g/mol. The summed E-state index contributed by atoms with van der Waals surface area (Å²) in [5, 5.41) is 0. The minimum Gasteiger partial charge on any atom is -0.295 e. The zero-order valence-electron chi connectivity index (χ0n) is 10.2. The molecule has 2 aliphatic rings. The summed E-state index contributed by atoms with van der Waals surface area (Å²) in [6.07, 6.45) is 5.91. The Balaban J connectivity index is 2.13. The first-order valence-corrected chi connectivity index (χ1v) is 6.38. The molecule has 1 saturated heterocycles. The summed E-state index contributed by atoms with van der Waals surface area (Å²) in [5.41, 5.74) is 0. The van der Waals surface area contributed by atoms with Gasteiger partial charge in [-0.1, -0.05) is 20.3 Å². The largest absolute Gasteiger partial charge is 0.295 e. The molecular formula is C13H25N. The van der Waals surface area contributed by atoms with Gasteiger partial charge in [0.1, 0.15) is 0 Å². The lowest BCUT2D eigenvalue weighted by Gasteiger charge is -2.35. The normalized spacial score (nSPS) is 38.6. The number of rotatable bonds is 2. The first-order valence-electron chi connectivity index (χ1n) is 6.38. The lowest BCUT2D eigenvalue weighted by atomic mass is 9.96. The highest BCUT2D eigenvalue weighted by atomic mass is 15.2. The van der Waals surface area contributed by atoms with Crippen molar-refractivity contribution >= 4 is 0 Å². The molecule has 0 aromatic rings. The average molecular weight is 195 g/mol. The van der Waals surface area contributed by atoms with E-state index in [2.05, 4.69) is 32.6 Å². The maximum absolute atomic E-state index is 2.82. The van der Waals surface area contributed by atoms with Gasteiger partial charge in [-0.3, -0.25) is 4.90 Å². The van der Waals surface area contributed by atoms with E-state index in [1.807, 2.05) is 0 Å². The lowest BCUT2D eigenvalue weighted by Crippen LogP contribution is -2.43. The second-order valence-corrected chi connectivity index (χ2v) is 5.85. The second kappa shape index (κ2) is 3.84. The van der Waals surface area contributed by atoms with Crippen LogP contribution in [0.4, 0.5) is 0 Å². The SMILES string of the molecule is CC(C)C1CC2CCCC2N1C(C)C. The van der Waals surface area contributed by atoms with Gasteiger partial charge in [-0.15, -0.1) is 0 Å². The zero-order chi connectivity index (χ0) is 10.3. The maximum atomic E-state index is 2.82. The molecule has 2 rings (SSSR count). The van der Waals surface area contributed by atoms with Crippen LogP contribution in [0.2, 0.25) is 0 Å². The molecule has 2 fully saturated rings. The van der Waals surface area contributed by atoms with Crippen LogP contribution in [0.15, 0.2) is 0 Å². The average Bonchev–Trinajstić information content (AvgIpc) is 2.58. The van der Waals surface area contributed by atoms with Crippen LogP contribution in [0.5, 0.6) is 0 Å². The number of likely N-dealkylation sites (tertiary alicyclic amines) is 1. The predicted octanol–water partition coefficient (Wildman–Crippen LogP) is 3.29. The number of hydrogen-bond acceptors (Lipinski definition) is 1. The van der Waals surface area contributed by atoms with Crippen molar-refractivity contribution in [1.82, 2.24) is 4.90 Å². The molecule has 0 spiro atoms. The molecule has 0 bridgehead atoms. The van der Waals surface area contributed by atoms with Crippen LogP contribution >= 0.6 is 0 Å². The van der Waals surface area contributed by atoms with Gasteiger partial charge in [0.2, 0.25) is 0 Å². The molecule has 1 heterocycles. The van der Waals surface area contributed by atoms with Crippen molar-refractivity contribution < 1.29 is 0 Å². The van der Waals surface area contributed by atoms with E-state index in [1.165, 1.54) is 25.7 Å². The highest BCUT2D eigenvalue weighted by Crippen LogP contribution is 2.44. The van der Waals surface area contributed by atoms with Crippen LogP contribution in [-0.2, 0) is 0 Å². The first kappa shape index (κ1) is 10.5. The summed E-state index contributed by atoms with van der Waals surface area (Å²) >= 11 is 0. The van der Waals surface area contributed by atoms with Gasteiger partial charge in [-0.25, -0.2) is 0 Å². The van der Waals surface area contributed by atoms with Crippen molar-refractivity contribution in [1.29, 1.82) is 0 Å². The van der Waals surface area contributed by atoms with Crippen molar-refractivity contribution in [3.63, 3.8) is 0 Å². The summed E-state index contributed by atoms with van der Waals surface area (Å²) in [4.78, 5) is 2.82. The van der Waals surface area contributed by atoms with Crippen LogP contribution < -0.4 is 0 Å². The Morgan fingerprint density at radius 1 is 1.07 bits per heavy atom. The molecule has 0 aromatic carbocycles. The standard InChI is InChI=1S/C13H25N/c1-9(2)13-8-11-6-5-7-12(11)14(13)10(3)4/h9-13H,5-8H2,1-4H3. The molecule has 1 heteroatoms. The molecule has 0 radical (unpaired) electrons. The van der Waals surface area contributed by atoms with E-state index in [0.29, 0.717) is 0 Å². The van der Waals surface area contributed by atoms with E-state index in [-0.39, 0.29) is 0 Å². The lowest BCUT2D eigenvalue weighted by molar-refractivity contribution is 0.116. The van der Waals surface area contributed by atoms with Gasteiger partial charge in [0.05, 0.1) is 0 Å². The summed E-state index contributed by atoms with van der Waals surface area (Å²) in [6.45, 7) is 9.52. The Hall–Kier alpha value is -0.0400. The van der Waals surface area contributed by atoms with Crippen LogP contribution in [0.25, 0.3) is 0 Å². The van der Waals surface area contributed by atoms with E-state index in [9.17, 15) is 0 Å². The van der Waals surface area contributed by atoms with Gasteiger partial charge in [-0.05, 0) is 44.9 Å². The van der Waals surface area contributed by atoms with Gasteiger partial charge in [0, 0.05) is 18.1 Å². The third-order valence-electron chi connectivity index (χ3n) is 4.29. The summed E-state index contributed by atoms with van der Waals surface area (Å²) < 4.78 is 0. The Labute approximate surface area is 88.9 Å². The van der Waals surface area contributed by atoms with Crippen molar-refractivity contribution in [2.45, 2.75) is 71.5 Å². The number of hydrogen-bond donors (Lipinski definition) is 0. The molecule has 3 unspecified atom stereocenters. The van der Waals surface area contributed by atoms with Gasteiger partial charge in [0.15, 0.2) is 0 Å². The van der Waals surface area contributed by atoms with Gasteiger partial charge >= 0.3 is 0 Å². The van der Waals surface area contributed by atoms with Crippen molar-refractivity contribution in [2.24, 2.45) is 11.8 Å². The van der Waals surface area contributed by atoms with Crippen LogP contribution in [0, 0.1) is 11.8 Å². The maximum Gasteiger partial charge on any atom is 0.0130 e. The summed E-state index contributed by atoms with van der Waals surface area (Å²) in [7, 11) is 0. The molecule has 1 aliphatic carbocycles. The highest BCUT2D eigenvalue weighted by molar-refractivity contribution is 4.99. The zero-order valence-corrected chi connectivity index (χ0v) is 10.2. The van der Waals surface area contributed by atoms with Gasteiger partial charge < -0.3 is 0 Å².